The van der Waals surface area contributed by atoms with Gasteiger partial charge < -0.3 is 14.5 Å². The van der Waals surface area contributed by atoms with Crippen LogP contribution in [-0.2, 0) is 20.7 Å². The minimum absolute atomic E-state index is 0.0245. The van der Waals surface area contributed by atoms with Gasteiger partial charge in [0.25, 0.3) is 5.56 Å². The first kappa shape index (κ1) is 21.0. The molecule has 0 aliphatic heterocycles. The van der Waals surface area contributed by atoms with E-state index in [1.54, 1.807) is 31.2 Å². The predicted octanol–water partition coefficient (Wildman–Crippen LogP) is 3.39. The van der Waals surface area contributed by atoms with Crippen molar-refractivity contribution in [2.24, 2.45) is 0 Å². The van der Waals surface area contributed by atoms with Gasteiger partial charge in [-0.05, 0) is 19.4 Å². The van der Waals surface area contributed by atoms with E-state index in [1.165, 1.54) is 7.11 Å². The number of hydrogen-bond donors (Lipinski definition) is 1. The number of ether oxygens (including phenoxy) is 2. The van der Waals surface area contributed by atoms with Gasteiger partial charge in [0.15, 0.2) is 0 Å². The molecule has 1 heterocycles. The highest BCUT2D eigenvalue weighted by Crippen LogP contribution is 2.27. The minimum atomic E-state index is -0.537. The molecule has 0 spiro atoms. The van der Waals surface area contributed by atoms with E-state index in [2.05, 4.69) is 9.97 Å². The molecule has 3 aromatic rings. The molecule has 1 N–H and O–H groups in total. The number of nitrogens with one attached hydrogen (secondary N) is 1. The van der Waals surface area contributed by atoms with Crippen LogP contribution in [0.4, 0.5) is 0 Å². The van der Waals surface area contributed by atoms with E-state index >= 15 is 0 Å². The third-order valence-corrected chi connectivity index (χ3v) is 4.53. The summed E-state index contributed by atoms with van der Waals surface area (Å²) in [6.07, 6.45) is 0.151. The second kappa shape index (κ2) is 9.65. The molecule has 0 aliphatic carbocycles. The molecule has 2 aromatic carbocycles. The third kappa shape index (κ3) is 4.63. The van der Waals surface area contributed by atoms with Gasteiger partial charge in [-0.3, -0.25) is 9.59 Å². The van der Waals surface area contributed by atoms with Gasteiger partial charge in [-0.15, -0.1) is 0 Å². The van der Waals surface area contributed by atoms with Gasteiger partial charge in [0.2, 0.25) is 0 Å². The van der Waals surface area contributed by atoms with Crippen LogP contribution in [0.1, 0.15) is 29.3 Å². The van der Waals surface area contributed by atoms with Crippen LogP contribution in [0.5, 0.6) is 0 Å². The van der Waals surface area contributed by atoms with Crippen LogP contribution in [-0.4, -0.2) is 35.6 Å². The first-order valence-corrected chi connectivity index (χ1v) is 9.57. The lowest BCUT2D eigenvalue weighted by Gasteiger charge is -2.13. The molecule has 1 aromatic heterocycles. The molecular weight excluding hydrogens is 384 g/mol. The standard InChI is InChI=1S/C23H22N2O5/c1-3-30-19(26)14-13-18-20(16-11-7-8-12-17(16)23(28)29-2)24-21(25-22(18)27)15-9-5-4-6-10-15/h4-12H,3,13-14H2,1-2H3,(H,24,25,27). The summed E-state index contributed by atoms with van der Waals surface area (Å²) in [5, 5.41) is 0. The number of benzene rings is 2. The highest BCUT2D eigenvalue weighted by Gasteiger charge is 2.21. The van der Waals surface area contributed by atoms with Gasteiger partial charge in [-0.25, -0.2) is 9.78 Å². The number of aromatic nitrogens is 2. The molecular formula is C23H22N2O5. The summed E-state index contributed by atoms with van der Waals surface area (Å²) in [7, 11) is 1.29. The van der Waals surface area contributed by atoms with Crippen LogP contribution in [0.25, 0.3) is 22.6 Å². The highest BCUT2D eigenvalue weighted by atomic mass is 16.5. The number of H-pyrrole nitrogens is 1. The Morgan fingerprint density at radius 2 is 1.73 bits per heavy atom. The van der Waals surface area contributed by atoms with Crippen LogP contribution in [0.15, 0.2) is 59.4 Å². The molecule has 0 bridgehead atoms. The second-order valence-corrected chi connectivity index (χ2v) is 6.45. The average Bonchev–Trinajstić information content (AvgIpc) is 2.78. The monoisotopic (exact) mass is 406 g/mol. The van der Waals surface area contributed by atoms with Gasteiger partial charge in [-0.1, -0.05) is 48.5 Å². The first-order chi connectivity index (χ1) is 14.5. The maximum atomic E-state index is 13.0. The van der Waals surface area contributed by atoms with Crippen LogP contribution in [0.2, 0.25) is 0 Å². The van der Waals surface area contributed by atoms with E-state index in [-0.39, 0.29) is 30.6 Å². The Balaban J connectivity index is 2.17. The molecule has 7 nitrogen and oxygen atoms in total. The van der Waals surface area contributed by atoms with Gasteiger partial charge >= 0.3 is 11.9 Å². The molecule has 0 saturated carbocycles. The molecule has 154 valence electrons. The molecule has 0 saturated heterocycles. The zero-order valence-electron chi connectivity index (χ0n) is 16.8. The molecule has 0 amide bonds. The summed E-state index contributed by atoms with van der Waals surface area (Å²) in [6.45, 7) is 1.98. The Morgan fingerprint density at radius 1 is 1.03 bits per heavy atom. The van der Waals surface area contributed by atoms with E-state index < -0.39 is 11.9 Å². The maximum Gasteiger partial charge on any atom is 0.338 e. The fourth-order valence-corrected chi connectivity index (χ4v) is 3.12. The molecule has 0 radical (unpaired) electrons. The summed E-state index contributed by atoms with van der Waals surface area (Å²) in [6, 6.07) is 16.0. The Labute approximate surface area is 173 Å². The molecule has 30 heavy (non-hydrogen) atoms. The predicted molar refractivity (Wildman–Crippen MR) is 112 cm³/mol. The van der Waals surface area contributed by atoms with E-state index in [4.69, 9.17) is 9.47 Å². The van der Waals surface area contributed by atoms with Crippen LogP contribution in [0.3, 0.4) is 0 Å². The normalized spacial score (nSPS) is 10.5. The Morgan fingerprint density at radius 3 is 2.43 bits per heavy atom. The fourth-order valence-electron chi connectivity index (χ4n) is 3.12. The molecule has 0 atom stereocenters. The van der Waals surface area contributed by atoms with Crippen molar-refractivity contribution in [2.75, 3.05) is 13.7 Å². The molecule has 7 heteroatoms. The van der Waals surface area contributed by atoms with Crippen LogP contribution >= 0.6 is 0 Å². The minimum Gasteiger partial charge on any atom is -0.466 e. The lowest BCUT2D eigenvalue weighted by Crippen LogP contribution is -2.19. The largest absolute Gasteiger partial charge is 0.466 e. The van der Waals surface area contributed by atoms with Crippen LogP contribution in [0, 0.1) is 0 Å². The van der Waals surface area contributed by atoms with Crippen molar-refractivity contribution in [1.29, 1.82) is 0 Å². The van der Waals surface area contributed by atoms with Crippen molar-refractivity contribution >= 4 is 11.9 Å². The summed E-state index contributed by atoms with van der Waals surface area (Å²) < 4.78 is 9.86. The number of esters is 2. The summed E-state index contributed by atoms with van der Waals surface area (Å²) in [4.78, 5) is 44.6. The first-order valence-electron chi connectivity index (χ1n) is 9.57. The summed E-state index contributed by atoms with van der Waals surface area (Å²) in [5.41, 5.74) is 1.74. The molecule has 0 aliphatic rings. The number of carbonyl (C=O) groups is 2. The number of rotatable bonds is 7. The van der Waals surface area contributed by atoms with Gasteiger partial charge in [0.05, 0.1) is 25.0 Å². The average molecular weight is 406 g/mol. The van der Waals surface area contributed by atoms with Crippen molar-refractivity contribution in [3.05, 3.63) is 76.1 Å². The van der Waals surface area contributed by atoms with Gasteiger partial charge in [0, 0.05) is 23.1 Å². The number of nitrogens with zero attached hydrogens (tertiary/aromatic N) is 1. The van der Waals surface area contributed by atoms with Crippen molar-refractivity contribution in [2.45, 2.75) is 19.8 Å². The summed E-state index contributed by atoms with van der Waals surface area (Å²) >= 11 is 0. The Kier molecular flexibility index (Phi) is 6.75. The maximum absolute atomic E-state index is 13.0. The third-order valence-electron chi connectivity index (χ3n) is 4.53. The van der Waals surface area contributed by atoms with E-state index in [0.29, 0.717) is 22.6 Å². The van der Waals surface area contributed by atoms with Crippen molar-refractivity contribution < 1.29 is 19.1 Å². The fraction of sp³-hybridized carbons (Fsp3) is 0.217. The number of methoxy groups -OCH3 is 1. The van der Waals surface area contributed by atoms with Gasteiger partial charge in [0.1, 0.15) is 5.82 Å². The summed E-state index contributed by atoms with van der Waals surface area (Å²) in [5.74, 6) is -0.573. The zero-order valence-corrected chi connectivity index (χ0v) is 16.8. The van der Waals surface area contributed by atoms with Crippen molar-refractivity contribution in [3.63, 3.8) is 0 Å². The smallest absolute Gasteiger partial charge is 0.338 e. The Hall–Kier alpha value is -3.74. The topological polar surface area (TPSA) is 98.3 Å². The van der Waals surface area contributed by atoms with Crippen LogP contribution < -0.4 is 5.56 Å². The number of hydrogen-bond acceptors (Lipinski definition) is 6. The lowest BCUT2D eigenvalue weighted by atomic mass is 9.98. The number of aromatic amines is 1. The number of carbonyl (C=O) groups excluding carboxylic acids is 2. The molecule has 3 rings (SSSR count). The SMILES string of the molecule is CCOC(=O)CCc1c(-c2ccccc2C(=O)OC)nc(-c2ccccc2)[nH]c1=O. The van der Waals surface area contributed by atoms with E-state index in [9.17, 15) is 14.4 Å². The second-order valence-electron chi connectivity index (χ2n) is 6.45. The van der Waals surface area contributed by atoms with Gasteiger partial charge in [-0.2, -0.15) is 0 Å². The quantitative estimate of drug-likeness (QED) is 0.604. The van der Waals surface area contributed by atoms with E-state index in [0.717, 1.165) is 5.56 Å². The van der Waals surface area contributed by atoms with Crippen molar-refractivity contribution in [1.82, 2.24) is 9.97 Å². The Bertz CT molecular complexity index is 1110. The lowest BCUT2D eigenvalue weighted by molar-refractivity contribution is -0.143. The molecule has 0 unspecified atom stereocenters. The zero-order chi connectivity index (χ0) is 21.5. The molecule has 0 fully saturated rings. The highest BCUT2D eigenvalue weighted by molar-refractivity contribution is 5.97. The van der Waals surface area contributed by atoms with E-state index in [1.807, 2.05) is 30.3 Å². The van der Waals surface area contributed by atoms with Crippen molar-refractivity contribution in [3.8, 4) is 22.6 Å².